The van der Waals surface area contributed by atoms with E-state index in [0.717, 1.165) is 33.2 Å². The van der Waals surface area contributed by atoms with Gasteiger partial charge in [0, 0.05) is 16.3 Å². The summed E-state index contributed by atoms with van der Waals surface area (Å²) >= 11 is 0. The van der Waals surface area contributed by atoms with Crippen LogP contribution in [-0.2, 0) is 4.57 Å². The molecule has 5 aromatic rings. The third kappa shape index (κ3) is 6.15. The molecular weight excluding hydrogens is 499 g/mol. The first-order valence-corrected chi connectivity index (χ1v) is 14.8. The Kier molecular flexibility index (Phi) is 8.27. The van der Waals surface area contributed by atoms with Gasteiger partial charge in [-0.2, -0.15) is 0 Å². The van der Waals surface area contributed by atoms with E-state index in [1.807, 2.05) is 103 Å². The summed E-state index contributed by atoms with van der Waals surface area (Å²) in [6.45, 7) is 2.08. The van der Waals surface area contributed by atoms with Crippen LogP contribution in [0.4, 0.5) is 5.69 Å². The number of ether oxygens (including phenoxy) is 1. The Morgan fingerprint density at radius 3 is 1.59 bits per heavy atom. The largest absolute Gasteiger partial charge is 0.497 e. The quantitative estimate of drug-likeness (QED) is 0.184. The summed E-state index contributed by atoms with van der Waals surface area (Å²) in [5, 5.41) is 8.99. The van der Waals surface area contributed by atoms with Gasteiger partial charge < -0.3 is 10.1 Å². The predicted octanol–water partition coefficient (Wildman–Crippen LogP) is 7.42. The molecule has 0 bridgehead atoms. The van der Waals surface area contributed by atoms with Crippen LogP contribution in [0.5, 0.6) is 5.75 Å². The third-order valence-electron chi connectivity index (χ3n) is 6.90. The fourth-order valence-corrected chi connectivity index (χ4v) is 7.24. The molecule has 5 rings (SSSR count). The molecule has 0 fully saturated rings. The average molecular weight is 533 g/mol. The van der Waals surface area contributed by atoms with E-state index >= 15 is 4.57 Å². The molecule has 0 aromatic heterocycles. The number of rotatable bonds is 10. The van der Waals surface area contributed by atoms with E-state index in [-0.39, 0.29) is 12.1 Å². The Hall–Kier alpha value is -4.11. The molecule has 0 aliphatic heterocycles. The average Bonchev–Trinajstić information content (AvgIpc) is 3.01. The first-order valence-electron chi connectivity index (χ1n) is 13.1. The number of benzene rings is 5. The maximum Gasteiger partial charge on any atom is 0.205 e. The third-order valence-corrected chi connectivity index (χ3v) is 9.59. The first kappa shape index (κ1) is 26.5. The molecule has 0 spiro atoms. The molecule has 0 amide bonds. The van der Waals surface area contributed by atoms with E-state index in [9.17, 15) is 0 Å². The lowest BCUT2D eigenvalue weighted by atomic mass is 9.93. The standard InChI is InChI=1S/C34H33N2O2P/c1-26-18-20-28(21-19-26)34(36-39(37,31-14-8-4-9-15-31)32-16-10-5-11-17-32)33(27-12-6-3-7-13-27)35-29-22-24-30(38-2)25-23-29/h3-25,33-35H,1-2H3,(H,36,37). The van der Waals surface area contributed by atoms with Gasteiger partial charge in [-0.3, -0.25) is 9.65 Å². The lowest BCUT2D eigenvalue weighted by Gasteiger charge is -2.34. The Balaban J connectivity index is 1.66. The van der Waals surface area contributed by atoms with Gasteiger partial charge in [0.15, 0.2) is 0 Å². The highest BCUT2D eigenvalue weighted by Crippen LogP contribution is 2.45. The molecule has 0 radical (unpaired) electrons. The van der Waals surface area contributed by atoms with E-state index < -0.39 is 7.29 Å². The number of nitrogens with one attached hydrogen (secondary N) is 2. The zero-order valence-corrected chi connectivity index (χ0v) is 23.1. The summed E-state index contributed by atoms with van der Waals surface area (Å²) in [7, 11) is -1.60. The van der Waals surface area contributed by atoms with Crippen LogP contribution in [-0.4, -0.2) is 7.11 Å². The molecule has 2 N–H and O–H groups in total. The monoisotopic (exact) mass is 532 g/mol. The van der Waals surface area contributed by atoms with Crippen molar-refractivity contribution < 1.29 is 9.30 Å². The van der Waals surface area contributed by atoms with Crippen molar-refractivity contribution in [1.82, 2.24) is 5.09 Å². The van der Waals surface area contributed by atoms with Gasteiger partial charge in [-0.1, -0.05) is 96.6 Å². The minimum absolute atomic E-state index is 0.233. The Bertz CT molecular complexity index is 1460. The Morgan fingerprint density at radius 1 is 0.590 bits per heavy atom. The molecule has 2 unspecified atom stereocenters. The lowest BCUT2D eigenvalue weighted by Crippen LogP contribution is -2.35. The maximum absolute atomic E-state index is 15.2. The number of anilines is 1. The van der Waals surface area contributed by atoms with Crippen molar-refractivity contribution in [3.63, 3.8) is 0 Å². The van der Waals surface area contributed by atoms with Crippen LogP contribution in [0.2, 0.25) is 0 Å². The highest BCUT2D eigenvalue weighted by atomic mass is 31.2. The highest BCUT2D eigenvalue weighted by Gasteiger charge is 2.35. The zero-order valence-electron chi connectivity index (χ0n) is 22.2. The lowest BCUT2D eigenvalue weighted by molar-refractivity contribution is 0.415. The smallest absolute Gasteiger partial charge is 0.205 e. The predicted molar refractivity (Wildman–Crippen MR) is 163 cm³/mol. The number of hydrogen-bond donors (Lipinski definition) is 2. The highest BCUT2D eigenvalue weighted by molar-refractivity contribution is 7.76. The molecular formula is C34H33N2O2P. The Labute approximate surface area is 231 Å². The van der Waals surface area contributed by atoms with Crippen molar-refractivity contribution in [1.29, 1.82) is 0 Å². The molecule has 39 heavy (non-hydrogen) atoms. The first-order chi connectivity index (χ1) is 19.1. The summed E-state index contributed by atoms with van der Waals surface area (Å²) in [6, 6.07) is 45.6. The summed E-state index contributed by atoms with van der Waals surface area (Å²) in [5.41, 5.74) is 4.24. The van der Waals surface area contributed by atoms with Crippen molar-refractivity contribution in [3.8, 4) is 5.75 Å². The van der Waals surface area contributed by atoms with Crippen LogP contribution < -0.4 is 25.8 Å². The van der Waals surface area contributed by atoms with Crippen LogP contribution in [0.15, 0.2) is 140 Å². The van der Waals surface area contributed by atoms with E-state index in [0.29, 0.717) is 0 Å². The minimum Gasteiger partial charge on any atom is -0.497 e. The van der Waals surface area contributed by atoms with E-state index in [4.69, 9.17) is 4.74 Å². The normalized spacial score (nSPS) is 12.9. The molecule has 0 aliphatic carbocycles. The van der Waals surface area contributed by atoms with Crippen LogP contribution >= 0.6 is 7.29 Å². The van der Waals surface area contributed by atoms with Crippen LogP contribution in [0.3, 0.4) is 0 Å². The number of aryl methyl sites for hydroxylation is 1. The van der Waals surface area contributed by atoms with Crippen molar-refractivity contribution in [2.24, 2.45) is 0 Å². The minimum atomic E-state index is -3.26. The van der Waals surface area contributed by atoms with Gasteiger partial charge in [-0.05, 0) is 66.6 Å². The molecule has 0 saturated carbocycles. The van der Waals surface area contributed by atoms with E-state index in [1.165, 1.54) is 5.56 Å². The maximum atomic E-state index is 15.2. The fraction of sp³-hybridized carbons (Fsp3) is 0.118. The molecule has 5 aromatic carbocycles. The van der Waals surface area contributed by atoms with E-state index in [1.54, 1.807) is 7.11 Å². The van der Waals surface area contributed by atoms with Crippen LogP contribution in [0, 0.1) is 6.92 Å². The fourth-order valence-electron chi connectivity index (χ4n) is 4.77. The zero-order chi connectivity index (χ0) is 27.1. The topological polar surface area (TPSA) is 50.4 Å². The van der Waals surface area contributed by atoms with Gasteiger partial charge in [-0.25, -0.2) is 0 Å². The second kappa shape index (κ2) is 12.2. The Morgan fingerprint density at radius 2 is 1.08 bits per heavy atom. The summed E-state index contributed by atoms with van der Waals surface area (Å²) in [5.74, 6) is 0.794. The molecule has 0 heterocycles. The van der Waals surface area contributed by atoms with Crippen molar-refractivity contribution in [3.05, 3.63) is 156 Å². The number of methoxy groups -OCH3 is 1. The molecule has 5 heteroatoms. The van der Waals surface area contributed by atoms with Crippen LogP contribution in [0.1, 0.15) is 28.8 Å². The van der Waals surface area contributed by atoms with Gasteiger partial charge >= 0.3 is 0 Å². The van der Waals surface area contributed by atoms with Gasteiger partial charge in [0.2, 0.25) is 7.29 Å². The number of hydrogen-bond acceptors (Lipinski definition) is 3. The summed E-state index contributed by atoms with van der Waals surface area (Å²) < 4.78 is 20.6. The molecule has 0 saturated heterocycles. The second-order valence-corrected chi connectivity index (χ2v) is 12.1. The van der Waals surface area contributed by atoms with Gasteiger partial charge in [-0.15, -0.1) is 0 Å². The molecule has 196 valence electrons. The molecule has 0 aliphatic rings. The molecule has 4 nitrogen and oxygen atoms in total. The van der Waals surface area contributed by atoms with Crippen molar-refractivity contribution in [2.45, 2.75) is 19.0 Å². The van der Waals surface area contributed by atoms with Gasteiger partial charge in [0.05, 0.1) is 19.2 Å². The van der Waals surface area contributed by atoms with Crippen LogP contribution in [0.25, 0.3) is 0 Å². The SMILES string of the molecule is COc1ccc(NC(c2ccccc2)C(NP(=O)(c2ccccc2)c2ccccc2)c2ccc(C)cc2)cc1. The van der Waals surface area contributed by atoms with Crippen molar-refractivity contribution in [2.75, 3.05) is 12.4 Å². The molecule has 2 atom stereocenters. The van der Waals surface area contributed by atoms with Gasteiger partial charge in [0.1, 0.15) is 5.75 Å². The van der Waals surface area contributed by atoms with E-state index in [2.05, 4.69) is 53.7 Å². The second-order valence-electron chi connectivity index (χ2n) is 9.56. The van der Waals surface area contributed by atoms with Crippen molar-refractivity contribution >= 4 is 23.6 Å². The summed E-state index contributed by atoms with van der Waals surface area (Å²) in [6.07, 6.45) is 0. The van der Waals surface area contributed by atoms with Gasteiger partial charge in [0.25, 0.3) is 0 Å². The summed E-state index contributed by atoms with van der Waals surface area (Å²) in [4.78, 5) is 0.